The van der Waals surface area contributed by atoms with Crippen LogP contribution in [0.1, 0.15) is 23.3 Å². The van der Waals surface area contributed by atoms with E-state index in [1.54, 1.807) is 11.7 Å². The van der Waals surface area contributed by atoms with Crippen LogP contribution in [0.5, 0.6) is 0 Å². The summed E-state index contributed by atoms with van der Waals surface area (Å²) in [6.07, 6.45) is 4.08. The smallest absolute Gasteiger partial charge is 0.270 e. The van der Waals surface area contributed by atoms with Crippen LogP contribution in [0.15, 0.2) is 17.8 Å². The van der Waals surface area contributed by atoms with Gasteiger partial charge in [-0.2, -0.15) is 0 Å². The Labute approximate surface area is 121 Å². The SMILES string of the molecule is O=C(N[C@H]1CN2CCC1CC2)c1cc2scnc2cn1. The highest BCUT2D eigenvalue weighted by Crippen LogP contribution is 2.27. The standard InChI is InChI=1S/C14H16N4OS/c19-14(10-5-13-11(6-15-10)16-8-20-13)17-12-7-18-3-1-9(12)2-4-18/h5-6,8-9,12H,1-4,7H2,(H,17,19)/t12-/m0/s1. The first-order chi connectivity index (χ1) is 9.79. The van der Waals surface area contributed by atoms with Gasteiger partial charge in [-0.15, -0.1) is 11.3 Å². The molecule has 5 heterocycles. The van der Waals surface area contributed by atoms with Crippen molar-refractivity contribution < 1.29 is 4.79 Å². The molecule has 0 spiro atoms. The van der Waals surface area contributed by atoms with Crippen LogP contribution >= 0.6 is 11.3 Å². The fourth-order valence-electron chi connectivity index (χ4n) is 3.26. The quantitative estimate of drug-likeness (QED) is 0.910. The van der Waals surface area contributed by atoms with Crippen LogP contribution in [0.4, 0.5) is 0 Å². The van der Waals surface area contributed by atoms with Crippen LogP contribution in [-0.2, 0) is 0 Å². The molecule has 5 nitrogen and oxygen atoms in total. The Morgan fingerprint density at radius 2 is 2.20 bits per heavy atom. The van der Waals surface area contributed by atoms with E-state index in [9.17, 15) is 4.79 Å². The number of piperidine rings is 3. The molecule has 3 aliphatic rings. The van der Waals surface area contributed by atoms with E-state index in [0.29, 0.717) is 11.6 Å². The minimum Gasteiger partial charge on any atom is -0.346 e. The summed E-state index contributed by atoms with van der Waals surface area (Å²) in [6, 6.07) is 2.12. The molecule has 1 atom stereocenters. The van der Waals surface area contributed by atoms with E-state index >= 15 is 0 Å². The summed E-state index contributed by atoms with van der Waals surface area (Å²) < 4.78 is 1.01. The third-order valence-corrected chi connectivity index (χ3v) is 5.21. The second kappa shape index (κ2) is 4.79. The van der Waals surface area contributed by atoms with Gasteiger partial charge in [0.05, 0.1) is 21.9 Å². The number of amides is 1. The van der Waals surface area contributed by atoms with Crippen LogP contribution in [0.25, 0.3) is 10.2 Å². The van der Waals surface area contributed by atoms with Crippen LogP contribution in [-0.4, -0.2) is 46.5 Å². The third kappa shape index (κ3) is 2.09. The Morgan fingerprint density at radius 1 is 1.35 bits per heavy atom. The summed E-state index contributed by atoms with van der Waals surface area (Å²) in [6.45, 7) is 3.35. The molecule has 1 N–H and O–H groups in total. The largest absolute Gasteiger partial charge is 0.346 e. The molecule has 6 heteroatoms. The summed E-state index contributed by atoms with van der Waals surface area (Å²) in [5.74, 6) is 0.579. The average Bonchev–Trinajstić information content (AvgIpc) is 2.96. The first-order valence-electron chi connectivity index (χ1n) is 7.02. The Bertz CT molecular complexity index is 647. The van der Waals surface area contributed by atoms with Crippen LogP contribution in [0.2, 0.25) is 0 Å². The van der Waals surface area contributed by atoms with Crippen molar-refractivity contribution >= 4 is 27.5 Å². The molecule has 2 aromatic heterocycles. The lowest BCUT2D eigenvalue weighted by molar-refractivity contribution is 0.0618. The fraction of sp³-hybridized carbons (Fsp3) is 0.500. The maximum atomic E-state index is 12.3. The van der Waals surface area contributed by atoms with E-state index in [-0.39, 0.29) is 11.9 Å². The molecule has 0 aliphatic carbocycles. The van der Waals surface area contributed by atoms with Gasteiger partial charge in [-0.3, -0.25) is 4.79 Å². The number of hydrogen-bond donors (Lipinski definition) is 1. The van der Waals surface area contributed by atoms with Gasteiger partial charge < -0.3 is 10.2 Å². The van der Waals surface area contributed by atoms with Gasteiger partial charge in [0.1, 0.15) is 5.69 Å². The summed E-state index contributed by atoms with van der Waals surface area (Å²) in [5, 5.41) is 3.16. The van der Waals surface area contributed by atoms with Crippen molar-refractivity contribution in [3.63, 3.8) is 0 Å². The van der Waals surface area contributed by atoms with Gasteiger partial charge in [0, 0.05) is 12.6 Å². The van der Waals surface area contributed by atoms with Crippen molar-refractivity contribution in [3.8, 4) is 0 Å². The predicted octanol–water partition coefficient (Wildman–Crippen LogP) is 1.52. The molecule has 3 fully saturated rings. The molecule has 2 bridgehead atoms. The highest BCUT2D eigenvalue weighted by atomic mass is 32.1. The number of hydrogen-bond acceptors (Lipinski definition) is 5. The number of pyridine rings is 1. The molecule has 1 amide bonds. The molecule has 0 saturated carbocycles. The molecular formula is C14H16N4OS. The molecule has 0 unspecified atom stereocenters. The molecule has 0 radical (unpaired) electrons. The lowest BCUT2D eigenvalue weighted by atomic mass is 9.84. The number of nitrogens with one attached hydrogen (secondary N) is 1. The second-order valence-corrected chi connectivity index (χ2v) is 6.49. The maximum Gasteiger partial charge on any atom is 0.270 e. The van der Waals surface area contributed by atoms with E-state index in [2.05, 4.69) is 20.2 Å². The van der Waals surface area contributed by atoms with Gasteiger partial charge in [0.2, 0.25) is 0 Å². The van der Waals surface area contributed by atoms with Crippen molar-refractivity contribution in [2.75, 3.05) is 19.6 Å². The third-order valence-electron chi connectivity index (χ3n) is 4.42. The first kappa shape index (κ1) is 12.2. The molecule has 3 saturated heterocycles. The Hall–Kier alpha value is -1.53. The second-order valence-electron chi connectivity index (χ2n) is 5.61. The van der Waals surface area contributed by atoms with Gasteiger partial charge in [-0.05, 0) is 37.9 Å². The van der Waals surface area contributed by atoms with Crippen molar-refractivity contribution in [1.82, 2.24) is 20.2 Å². The van der Waals surface area contributed by atoms with E-state index in [4.69, 9.17) is 0 Å². The topological polar surface area (TPSA) is 58.1 Å². The number of nitrogens with zero attached hydrogens (tertiary/aromatic N) is 3. The maximum absolute atomic E-state index is 12.3. The van der Waals surface area contributed by atoms with Crippen molar-refractivity contribution in [2.45, 2.75) is 18.9 Å². The Morgan fingerprint density at radius 3 is 2.95 bits per heavy atom. The number of aromatic nitrogens is 2. The van der Waals surface area contributed by atoms with E-state index in [1.165, 1.54) is 37.3 Å². The van der Waals surface area contributed by atoms with Crippen LogP contribution < -0.4 is 5.32 Å². The number of carbonyl (C=O) groups is 1. The molecule has 3 aliphatic heterocycles. The minimum absolute atomic E-state index is 0.0564. The average molecular weight is 288 g/mol. The van der Waals surface area contributed by atoms with Crippen LogP contribution in [0.3, 0.4) is 0 Å². The Balaban J connectivity index is 1.52. The molecule has 104 valence electrons. The molecule has 0 aromatic carbocycles. The zero-order valence-corrected chi connectivity index (χ0v) is 11.9. The fourth-order valence-corrected chi connectivity index (χ4v) is 3.94. The van der Waals surface area contributed by atoms with Gasteiger partial charge in [0.25, 0.3) is 5.91 Å². The van der Waals surface area contributed by atoms with Gasteiger partial charge in [-0.1, -0.05) is 0 Å². The van der Waals surface area contributed by atoms with Gasteiger partial charge in [-0.25, -0.2) is 9.97 Å². The number of fused-ring (bicyclic) bond motifs is 4. The van der Waals surface area contributed by atoms with E-state index < -0.39 is 0 Å². The molecule has 2 aromatic rings. The summed E-state index contributed by atoms with van der Waals surface area (Å²) in [7, 11) is 0. The van der Waals surface area contributed by atoms with E-state index in [1.807, 2.05) is 6.07 Å². The zero-order chi connectivity index (χ0) is 13.5. The molecular weight excluding hydrogens is 272 g/mol. The lowest BCUT2D eigenvalue weighted by Gasteiger charge is -2.44. The lowest BCUT2D eigenvalue weighted by Crippen LogP contribution is -2.57. The summed E-state index contributed by atoms with van der Waals surface area (Å²) in [5.41, 5.74) is 3.13. The van der Waals surface area contributed by atoms with Crippen molar-refractivity contribution in [1.29, 1.82) is 0 Å². The Kier molecular flexibility index (Phi) is 2.93. The molecule has 20 heavy (non-hydrogen) atoms. The van der Waals surface area contributed by atoms with Gasteiger partial charge >= 0.3 is 0 Å². The summed E-state index contributed by atoms with van der Waals surface area (Å²) in [4.78, 5) is 23.2. The number of rotatable bonds is 2. The van der Waals surface area contributed by atoms with Crippen molar-refractivity contribution in [2.24, 2.45) is 5.92 Å². The number of carbonyl (C=O) groups excluding carboxylic acids is 1. The molecule has 5 rings (SSSR count). The minimum atomic E-state index is -0.0564. The zero-order valence-electron chi connectivity index (χ0n) is 11.1. The summed E-state index contributed by atoms with van der Waals surface area (Å²) >= 11 is 1.54. The van der Waals surface area contributed by atoms with Gasteiger partial charge in [0.15, 0.2) is 0 Å². The van der Waals surface area contributed by atoms with E-state index in [0.717, 1.165) is 16.8 Å². The normalized spacial score (nSPS) is 28.7. The number of thiazole rings is 1. The first-order valence-corrected chi connectivity index (χ1v) is 7.90. The highest BCUT2D eigenvalue weighted by Gasteiger charge is 2.35. The van der Waals surface area contributed by atoms with Crippen molar-refractivity contribution in [3.05, 3.63) is 23.5 Å². The monoisotopic (exact) mass is 288 g/mol. The predicted molar refractivity (Wildman–Crippen MR) is 77.8 cm³/mol. The highest BCUT2D eigenvalue weighted by molar-refractivity contribution is 7.16. The van der Waals surface area contributed by atoms with Crippen LogP contribution in [0, 0.1) is 5.92 Å².